The Balaban J connectivity index is 1.90. The zero-order valence-corrected chi connectivity index (χ0v) is 18.4. The first-order chi connectivity index (χ1) is 13.6. The van der Waals surface area contributed by atoms with E-state index in [0.29, 0.717) is 26.9 Å². The third-order valence-electron chi connectivity index (χ3n) is 4.48. The fourth-order valence-electron chi connectivity index (χ4n) is 2.84. The summed E-state index contributed by atoms with van der Waals surface area (Å²) in [5, 5.41) is 0.423. The average Bonchev–Trinajstić information content (AvgIpc) is 2.68. The number of hydrogen-bond donors (Lipinski definition) is 1. The second kappa shape index (κ2) is 8.47. The average molecular weight is 427 g/mol. The topological polar surface area (TPSA) is 59.1 Å². The second-order valence-corrected chi connectivity index (χ2v) is 9.48. The lowest BCUT2D eigenvalue weighted by atomic mass is 9.87. The van der Waals surface area contributed by atoms with Gasteiger partial charge in [-0.1, -0.05) is 50.6 Å². The number of aryl methyl sites for hydroxylation is 1. The first kappa shape index (κ1) is 21.2. The molecule has 1 aromatic heterocycles. The number of halogens is 1. The molecule has 4 nitrogen and oxygen atoms in total. The Bertz CT molecular complexity index is 1070. The van der Waals surface area contributed by atoms with E-state index in [0.717, 1.165) is 11.3 Å². The summed E-state index contributed by atoms with van der Waals surface area (Å²) in [6.07, 6.45) is 0. The van der Waals surface area contributed by atoms with E-state index in [9.17, 15) is 9.00 Å². The van der Waals surface area contributed by atoms with Gasteiger partial charge >= 0.3 is 0 Å². The molecule has 0 bridgehead atoms. The normalized spacial score (nSPS) is 12.4. The molecule has 1 heterocycles. The molecule has 29 heavy (non-hydrogen) atoms. The molecule has 0 spiro atoms. The van der Waals surface area contributed by atoms with Crippen LogP contribution in [-0.2, 0) is 16.4 Å². The second-order valence-electron chi connectivity index (χ2n) is 7.83. The molecule has 0 saturated carbocycles. The van der Waals surface area contributed by atoms with Crippen molar-refractivity contribution in [3.8, 4) is 0 Å². The maximum atomic E-state index is 13.0. The molecule has 0 aliphatic rings. The third kappa shape index (κ3) is 5.11. The predicted molar refractivity (Wildman–Crippen MR) is 119 cm³/mol. The molecule has 1 N–H and O–H groups in total. The van der Waals surface area contributed by atoms with Crippen molar-refractivity contribution >= 4 is 34.1 Å². The quantitative estimate of drug-likeness (QED) is 0.532. The molecule has 3 aromatic rings. The first-order valence-corrected chi connectivity index (χ1v) is 10.7. The molecule has 150 valence electrons. The van der Waals surface area contributed by atoms with Gasteiger partial charge in [-0.05, 0) is 60.4 Å². The van der Waals surface area contributed by atoms with Crippen LogP contribution in [0.2, 0.25) is 5.02 Å². The van der Waals surface area contributed by atoms with Gasteiger partial charge in [-0.2, -0.15) is 0 Å². The number of hydrogen-bond acceptors (Lipinski definition) is 3. The van der Waals surface area contributed by atoms with E-state index < -0.39 is 11.0 Å². The van der Waals surface area contributed by atoms with E-state index in [1.807, 2.05) is 37.3 Å². The van der Waals surface area contributed by atoms with E-state index in [2.05, 4.69) is 30.5 Å². The van der Waals surface area contributed by atoms with E-state index >= 15 is 0 Å². The predicted octanol–water partition coefficient (Wildman–Crippen LogP) is 5.71. The molecular weight excluding hydrogens is 404 g/mol. The van der Waals surface area contributed by atoms with Crippen molar-refractivity contribution in [1.29, 1.82) is 0 Å². The van der Waals surface area contributed by atoms with Crippen molar-refractivity contribution in [3.05, 3.63) is 88.2 Å². The zero-order chi connectivity index (χ0) is 21.2. The largest absolute Gasteiger partial charge is 0.300 e. The minimum absolute atomic E-state index is 0.0179. The number of anilines is 1. The Labute approximate surface area is 178 Å². The van der Waals surface area contributed by atoms with Gasteiger partial charge in [0.25, 0.3) is 0 Å². The molecule has 3 rings (SSSR count). The summed E-state index contributed by atoms with van der Waals surface area (Å²) in [5.41, 5.74) is 3.01. The van der Waals surface area contributed by atoms with Gasteiger partial charge in [-0.15, -0.1) is 0 Å². The molecule has 0 saturated heterocycles. The third-order valence-corrected chi connectivity index (χ3v) is 5.83. The molecule has 0 aliphatic carbocycles. The van der Waals surface area contributed by atoms with Crippen molar-refractivity contribution in [2.45, 2.75) is 38.0 Å². The number of pyridine rings is 1. The van der Waals surface area contributed by atoms with E-state index in [1.54, 1.807) is 30.3 Å². The van der Waals surface area contributed by atoms with Gasteiger partial charge in [0.05, 0.1) is 10.6 Å². The minimum Gasteiger partial charge on any atom is -0.300 e. The van der Waals surface area contributed by atoms with Crippen LogP contribution in [0.3, 0.4) is 0 Å². The van der Waals surface area contributed by atoms with Crippen LogP contribution < -0.4 is 4.72 Å². The van der Waals surface area contributed by atoms with Gasteiger partial charge in [-0.25, -0.2) is 9.19 Å². The number of rotatable bonds is 5. The summed E-state index contributed by atoms with van der Waals surface area (Å²) in [7, 11) is -1.53. The number of aromatic nitrogens is 1. The molecule has 6 heteroatoms. The van der Waals surface area contributed by atoms with Gasteiger partial charge in [0.2, 0.25) is 5.78 Å². The van der Waals surface area contributed by atoms with Crippen LogP contribution in [0.5, 0.6) is 0 Å². The van der Waals surface area contributed by atoms with Crippen molar-refractivity contribution in [2.75, 3.05) is 4.72 Å². The molecule has 0 radical (unpaired) electrons. The highest BCUT2D eigenvalue weighted by Gasteiger charge is 2.18. The molecule has 1 unspecified atom stereocenters. The standard InChI is InChI=1S/C23H23ClN2O2S/c1-15-6-5-7-21(25-15)22(27)19-14-17(24)10-13-20(19)26-29(28)18-11-8-16(9-12-18)23(2,3)4/h5-14,26H,1-4H3. The number of nitrogens with zero attached hydrogens (tertiary/aromatic N) is 1. The first-order valence-electron chi connectivity index (χ1n) is 9.22. The zero-order valence-electron chi connectivity index (χ0n) is 16.8. The van der Waals surface area contributed by atoms with Gasteiger partial charge < -0.3 is 4.72 Å². The summed E-state index contributed by atoms with van der Waals surface area (Å²) >= 11 is 6.12. The SMILES string of the molecule is Cc1cccc(C(=O)c2cc(Cl)ccc2NS(=O)c2ccc(C(C)(C)C)cc2)n1. The maximum absolute atomic E-state index is 13.0. The lowest BCUT2D eigenvalue weighted by Crippen LogP contribution is -2.13. The van der Waals surface area contributed by atoms with Crippen LogP contribution in [0.1, 0.15) is 48.1 Å². The van der Waals surface area contributed by atoms with Gasteiger partial charge in [-0.3, -0.25) is 4.79 Å². The van der Waals surface area contributed by atoms with Crippen molar-refractivity contribution < 1.29 is 9.00 Å². The Morgan fingerprint density at radius 3 is 2.34 bits per heavy atom. The molecule has 2 aromatic carbocycles. The van der Waals surface area contributed by atoms with Crippen molar-refractivity contribution in [2.24, 2.45) is 0 Å². The van der Waals surface area contributed by atoms with Crippen LogP contribution in [0.25, 0.3) is 0 Å². The highest BCUT2D eigenvalue weighted by Crippen LogP contribution is 2.26. The Morgan fingerprint density at radius 2 is 1.72 bits per heavy atom. The van der Waals surface area contributed by atoms with Gasteiger partial charge in [0, 0.05) is 16.3 Å². The maximum Gasteiger partial charge on any atom is 0.213 e. The van der Waals surface area contributed by atoms with Crippen LogP contribution in [0.4, 0.5) is 5.69 Å². The van der Waals surface area contributed by atoms with Gasteiger partial charge in [0.15, 0.2) is 0 Å². The number of benzene rings is 2. The van der Waals surface area contributed by atoms with Crippen molar-refractivity contribution in [1.82, 2.24) is 4.98 Å². The van der Waals surface area contributed by atoms with Gasteiger partial charge in [0.1, 0.15) is 16.7 Å². The summed E-state index contributed by atoms with van der Waals surface area (Å²) in [6, 6.07) is 17.8. The number of nitrogens with one attached hydrogen (secondary N) is 1. The number of carbonyl (C=O) groups is 1. The van der Waals surface area contributed by atoms with Crippen LogP contribution in [-0.4, -0.2) is 15.0 Å². The Morgan fingerprint density at radius 1 is 1.03 bits per heavy atom. The Hall–Kier alpha value is -2.50. The molecule has 0 aliphatic heterocycles. The van der Waals surface area contributed by atoms with E-state index in [-0.39, 0.29) is 11.2 Å². The number of carbonyl (C=O) groups excluding carboxylic acids is 1. The van der Waals surface area contributed by atoms with Crippen molar-refractivity contribution in [3.63, 3.8) is 0 Å². The lowest BCUT2D eigenvalue weighted by molar-refractivity contribution is 0.103. The lowest BCUT2D eigenvalue weighted by Gasteiger charge is -2.19. The van der Waals surface area contributed by atoms with Crippen LogP contribution in [0, 0.1) is 6.92 Å². The number of ketones is 1. The van der Waals surface area contributed by atoms with Crippen LogP contribution >= 0.6 is 11.6 Å². The minimum atomic E-state index is -1.53. The van der Waals surface area contributed by atoms with E-state index in [4.69, 9.17) is 11.6 Å². The summed E-state index contributed by atoms with van der Waals surface area (Å²) in [4.78, 5) is 17.9. The molecular formula is C23H23ClN2O2S. The highest BCUT2D eigenvalue weighted by atomic mass is 35.5. The fourth-order valence-corrected chi connectivity index (χ4v) is 3.89. The Kier molecular flexibility index (Phi) is 6.20. The van der Waals surface area contributed by atoms with E-state index in [1.165, 1.54) is 0 Å². The smallest absolute Gasteiger partial charge is 0.213 e. The summed E-state index contributed by atoms with van der Waals surface area (Å²) in [5.74, 6) is -0.279. The van der Waals surface area contributed by atoms with Crippen LogP contribution in [0.15, 0.2) is 65.6 Å². The molecule has 0 fully saturated rings. The summed E-state index contributed by atoms with van der Waals surface area (Å²) in [6.45, 7) is 8.21. The molecule has 0 amide bonds. The fraction of sp³-hybridized carbons (Fsp3) is 0.217. The summed E-state index contributed by atoms with van der Waals surface area (Å²) < 4.78 is 15.8. The monoisotopic (exact) mass is 426 g/mol. The molecule has 1 atom stereocenters. The highest BCUT2D eigenvalue weighted by molar-refractivity contribution is 7.86.